The Morgan fingerprint density at radius 1 is 0.829 bits per heavy atom. The summed E-state index contributed by atoms with van der Waals surface area (Å²) in [7, 11) is 0. The number of aromatic nitrogens is 1. The molecule has 4 aromatic carbocycles. The van der Waals surface area contributed by atoms with Crippen LogP contribution in [0.15, 0.2) is 107 Å². The topological polar surface area (TPSA) is 50.9 Å². The number of hydrogen-bond acceptors (Lipinski definition) is 5. The first-order valence-electron chi connectivity index (χ1n) is 11.6. The van der Waals surface area contributed by atoms with Crippen molar-refractivity contribution in [3.05, 3.63) is 119 Å². The first-order chi connectivity index (χ1) is 17.2. The van der Waals surface area contributed by atoms with E-state index in [0.717, 1.165) is 56.8 Å². The number of rotatable bonds is 3. The van der Waals surface area contributed by atoms with E-state index in [4.69, 9.17) is 26.0 Å². The highest BCUT2D eigenvalue weighted by Crippen LogP contribution is 2.48. The zero-order chi connectivity index (χ0) is 23.4. The number of benzene rings is 4. The number of halogens is 1. The van der Waals surface area contributed by atoms with E-state index in [9.17, 15) is 0 Å². The average Bonchev–Trinajstić information content (AvgIpc) is 3.54. The molecule has 0 unspecified atom stereocenters. The van der Waals surface area contributed by atoms with E-state index in [0.29, 0.717) is 5.02 Å². The lowest BCUT2D eigenvalue weighted by molar-refractivity contribution is -0.0189. The van der Waals surface area contributed by atoms with Crippen LogP contribution in [0.25, 0.3) is 22.2 Å². The van der Waals surface area contributed by atoms with Gasteiger partial charge in [0.05, 0.1) is 17.1 Å². The second-order valence-corrected chi connectivity index (χ2v) is 9.25. The van der Waals surface area contributed by atoms with Crippen molar-refractivity contribution >= 4 is 28.2 Å². The molecule has 0 fully saturated rings. The van der Waals surface area contributed by atoms with Crippen LogP contribution in [-0.4, -0.2) is 15.9 Å². The van der Waals surface area contributed by atoms with Crippen molar-refractivity contribution in [2.75, 3.05) is 0 Å². The maximum Gasteiger partial charge on any atom is 0.213 e. The highest BCUT2D eigenvalue weighted by Gasteiger charge is 2.41. The summed E-state index contributed by atoms with van der Waals surface area (Å²) in [5, 5.41) is 13.1. The van der Waals surface area contributed by atoms with Crippen molar-refractivity contribution in [1.82, 2.24) is 10.2 Å². The molecule has 5 aromatic rings. The summed E-state index contributed by atoms with van der Waals surface area (Å²) in [6.45, 7) is 0. The SMILES string of the molecule is Clc1ccc(C2=NN3[C@@H](C2)c2ccccc2O[C@H]3c2ccc3noc(-c4ccccc4)c3c2)cc1. The molecule has 5 nitrogen and oxygen atoms in total. The number of hydrogen-bond donors (Lipinski definition) is 0. The Balaban J connectivity index is 1.34. The van der Waals surface area contributed by atoms with E-state index >= 15 is 0 Å². The molecule has 2 aliphatic rings. The monoisotopic (exact) mass is 477 g/mol. The Morgan fingerprint density at radius 2 is 1.63 bits per heavy atom. The van der Waals surface area contributed by atoms with Gasteiger partial charge in [0.1, 0.15) is 11.3 Å². The van der Waals surface area contributed by atoms with Crippen LogP contribution in [0.5, 0.6) is 5.75 Å². The van der Waals surface area contributed by atoms with Crippen molar-refractivity contribution in [3.63, 3.8) is 0 Å². The van der Waals surface area contributed by atoms with Gasteiger partial charge >= 0.3 is 0 Å². The van der Waals surface area contributed by atoms with Gasteiger partial charge in [0, 0.05) is 28.1 Å². The number of fused-ring (bicyclic) bond motifs is 4. The van der Waals surface area contributed by atoms with Crippen LogP contribution in [-0.2, 0) is 0 Å². The van der Waals surface area contributed by atoms with E-state index in [1.54, 1.807) is 0 Å². The van der Waals surface area contributed by atoms with Gasteiger partial charge in [-0.25, -0.2) is 5.01 Å². The molecular weight excluding hydrogens is 458 g/mol. The zero-order valence-corrected chi connectivity index (χ0v) is 19.4. The van der Waals surface area contributed by atoms with Gasteiger partial charge in [-0.15, -0.1) is 0 Å². The van der Waals surface area contributed by atoms with Crippen molar-refractivity contribution in [1.29, 1.82) is 0 Å². The lowest BCUT2D eigenvalue weighted by atomic mass is 9.95. The third-order valence-corrected chi connectivity index (χ3v) is 6.95. The van der Waals surface area contributed by atoms with Crippen LogP contribution in [0.2, 0.25) is 5.02 Å². The summed E-state index contributed by atoms with van der Waals surface area (Å²) >= 11 is 6.12. The predicted molar refractivity (Wildman–Crippen MR) is 136 cm³/mol. The molecular formula is C29H20ClN3O2. The highest BCUT2D eigenvalue weighted by molar-refractivity contribution is 6.30. The Morgan fingerprint density at radius 3 is 2.49 bits per heavy atom. The summed E-state index contributed by atoms with van der Waals surface area (Å²) in [6, 6.07) is 32.4. The lowest BCUT2D eigenvalue weighted by Crippen LogP contribution is -2.33. The molecule has 0 N–H and O–H groups in total. The number of para-hydroxylation sites is 1. The molecule has 6 heteroatoms. The summed E-state index contributed by atoms with van der Waals surface area (Å²) < 4.78 is 12.3. The minimum Gasteiger partial charge on any atom is -0.464 e. The van der Waals surface area contributed by atoms with Crippen molar-refractivity contribution < 1.29 is 9.26 Å². The molecule has 0 bridgehead atoms. The molecule has 7 rings (SSSR count). The van der Waals surface area contributed by atoms with Crippen LogP contribution >= 0.6 is 11.6 Å². The van der Waals surface area contributed by atoms with Gasteiger partial charge in [-0.3, -0.25) is 0 Å². The molecule has 35 heavy (non-hydrogen) atoms. The van der Waals surface area contributed by atoms with Gasteiger partial charge in [0.15, 0.2) is 5.76 Å². The third kappa shape index (κ3) is 3.39. The second-order valence-electron chi connectivity index (χ2n) is 8.82. The fourth-order valence-electron chi connectivity index (χ4n) is 4.98. The van der Waals surface area contributed by atoms with E-state index in [-0.39, 0.29) is 12.3 Å². The zero-order valence-electron chi connectivity index (χ0n) is 18.6. The summed E-state index contributed by atoms with van der Waals surface area (Å²) in [6.07, 6.45) is 0.422. The van der Waals surface area contributed by atoms with Gasteiger partial charge < -0.3 is 9.26 Å². The standard InChI is InChI=1S/C29H20ClN3O2/c30-21-13-10-18(11-14-21)25-17-26-22-8-4-5-9-27(22)34-29(33(26)31-25)20-12-15-24-23(16-20)28(35-32-24)19-6-2-1-3-7-19/h1-16,26,29H,17H2/t26-,29-/m0/s1. The number of hydrazone groups is 1. The van der Waals surface area contributed by atoms with Gasteiger partial charge in [0.2, 0.25) is 6.23 Å². The van der Waals surface area contributed by atoms with Crippen molar-refractivity contribution in [3.8, 4) is 17.1 Å². The Labute approximate surface area is 207 Å². The Hall–Kier alpha value is -4.09. The molecule has 2 aliphatic heterocycles. The Kier molecular flexibility index (Phi) is 4.64. The van der Waals surface area contributed by atoms with Crippen molar-refractivity contribution in [2.45, 2.75) is 18.7 Å². The second kappa shape index (κ2) is 8.00. The van der Waals surface area contributed by atoms with Gasteiger partial charge in [0.25, 0.3) is 0 Å². The van der Waals surface area contributed by atoms with Gasteiger partial charge in [-0.1, -0.05) is 83.5 Å². The number of ether oxygens (including phenoxy) is 1. The molecule has 2 atom stereocenters. The normalized spacial score (nSPS) is 18.7. The van der Waals surface area contributed by atoms with Crippen LogP contribution in [0.1, 0.15) is 35.4 Å². The van der Waals surface area contributed by atoms with Crippen LogP contribution in [0, 0.1) is 0 Å². The number of nitrogens with zero attached hydrogens (tertiary/aromatic N) is 3. The fraction of sp³-hybridized carbons (Fsp3) is 0.103. The lowest BCUT2D eigenvalue weighted by Gasteiger charge is -2.38. The summed E-state index contributed by atoms with van der Waals surface area (Å²) in [4.78, 5) is 0. The van der Waals surface area contributed by atoms with E-state index in [2.05, 4.69) is 28.4 Å². The molecule has 0 saturated heterocycles. The first-order valence-corrected chi connectivity index (χ1v) is 11.9. The first kappa shape index (κ1) is 20.3. The molecule has 0 saturated carbocycles. The molecule has 0 aliphatic carbocycles. The quantitative estimate of drug-likeness (QED) is 0.272. The summed E-state index contributed by atoms with van der Waals surface area (Å²) in [5.41, 5.74) is 6.04. The third-order valence-electron chi connectivity index (χ3n) is 6.70. The molecule has 0 amide bonds. The van der Waals surface area contributed by atoms with E-state index in [1.165, 1.54) is 0 Å². The molecule has 3 heterocycles. The fourth-order valence-corrected chi connectivity index (χ4v) is 5.11. The predicted octanol–water partition coefficient (Wildman–Crippen LogP) is 7.39. The largest absolute Gasteiger partial charge is 0.464 e. The van der Waals surface area contributed by atoms with Crippen LogP contribution < -0.4 is 4.74 Å². The maximum atomic E-state index is 6.55. The minimum atomic E-state index is -0.373. The minimum absolute atomic E-state index is 0.0855. The maximum absolute atomic E-state index is 6.55. The van der Waals surface area contributed by atoms with Gasteiger partial charge in [-0.2, -0.15) is 5.10 Å². The Bertz CT molecular complexity index is 1580. The van der Waals surface area contributed by atoms with E-state index < -0.39 is 0 Å². The molecule has 1 aromatic heterocycles. The smallest absolute Gasteiger partial charge is 0.213 e. The van der Waals surface area contributed by atoms with Crippen molar-refractivity contribution in [2.24, 2.45) is 5.10 Å². The summed E-state index contributed by atoms with van der Waals surface area (Å²) in [5.74, 6) is 1.64. The molecule has 170 valence electrons. The molecule has 0 spiro atoms. The average molecular weight is 478 g/mol. The van der Waals surface area contributed by atoms with Crippen LogP contribution in [0.3, 0.4) is 0 Å². The molecule has 0 radical (unpaired) electrons. The van der Waals surface area contributed by atoms with Crippen LogP contribution in [0.4, 0.5) is 0 Å². The highest BCUT2D eigenvalue weighted by atomic mass is 35.5. The van der Waals surface area contributed by atoms with E-state index in [1.807, 2.05) is 78.9 Å². The van der Waals surface area contributed by atoms with Gasteiger partial charge in [-0.05, 0) is 35.9 Å².